The van der Waals surface area contributed by atoms with Gasteiger partial charge in [0.15, 0.2) is 0 Å². The molecule has 2 aromatic rings. The fraction of sp³-hybridized carbons (Fsp3) is 0.440. The van der Waals surface area contributed by atoms with Crippen LogP contribution < -0.4 is 4.74 Å². The highest BCUT2D eigenvalue weighted by molar-refractivity contribution is 7.10. The number of aliphatic hydroxyl groups is 1. The van der Waals surface area contributed by atoms with E-state index in [4.69, 9.17) is 4.74 Å². The number of aryl methyl sites for hydroxylation is 1. The first-order chi connectivity index (χ1) is 14.6. The van der Waals surface area contributed by atoms with Gasteiger partial charge in [0.05, 0.1) is 24.3 Å². The number of rotatable bonds is 6. The third-order valence-electron chi connectivity index (χ3n) is 5.76. The average molecular weight is 442 g/mol. The minimum Gasteiger partial charge on any atom is -0.507 e. The number of benzene rings is 1. The molecule has 0 saturated carbocycles. The number of ketones is 1. The van der Waals surface area contributed by atoms with E-state index in [9.17, 15) is 14.7 Å². The molecule has 5 nitrogen and oxygen atoms in total. The fourth-order valence-corrected chi connectivity index (χ4v) is 4.93. The highest BCUT2D eigenvalue weighted by atomic mass is 32.1. The molecule has 1 aromatic heterocycles. The topological polar surface area (TPSA) is 66.8 Å². The summed E-state index contributed by atoms with van der Waals surface area (Å²) in [5, 5.41) is 13.4. The summed E-state index contributed by atoms with van der Waals surface area (Å²) in [6.45, 7) is 10.7. The molecule has 1 atom stereocenters. The normalized spacial score (nSPS) is 18.6. The minimum absolute atomic E-state index is 0.135. The van der Waals surface area contributed by atoms with Crippen molar-refractivity contribution in [1.29, 1.82) is 0 Å². The van der Waals surface area contributed by atoms with Crippen LogP contribution in [0.2, 0.25) is 0 Å². The standard InChI is InChI=1S/C25H31NO4S/c1-7-8-12-26-20(23-15(2)11-13-31-23)19(22(28)24(26)29)21(27)17-14-16(25(3,4)5)9-10-18(17)30-6/h9-11,13-14,20,27H,7-8,12H2,1-6H3/b21-19+. The summed E-state index contributed by atoms with van der Waals surface area (Å²) in [5.41, 5.74) is 2.41. The van der Waals surface area contributed by atoms with E-state index in [0.29, 0.717) is 17.9 Å². The predicted molar refractivity (Wildman–Crippen MR) is 125 cm³/mol. The van der Waals surface area contributed by atoms with Gasteiger partial charge < -0.3 is 14.7 Å². The minimum atomic E-state index is -0.644. The van der Waals surface area contributed by atoms with Crippen LogP contribution in [-0.2, 0) is 15.0 Å². The van der Waals surface area contributed by atoms with Gasteiger partial charge in [0.25, 0.3) is 11.7 Å². The lowest BCUT2D eigenvalue weighted by molar-refractivity contribution is -0.139. The molecular weight excluding hydrogens is 410 g/mol. The Morgan fingerprint density at radius 1 is 1.23 bits per heavy atom. The van der Waals surface area contributed by atoms with E-state index in [0.717, 1.165) is 28.8 Å². The summed E-state index contributed by atoms with van der Waals surface area (Å²) >= 11 is 1.50. The number of ether oxygens (including phenoxy) is 1. The van der Waals surface area contributed by atoms with Crippen LogP contribution in [0.4, 0.5) is 0 Å². The number of carbonyl (C=O) groups is 2. The Labute approximate surface area is 188 Å². The number of hydrogen-bond acceptors (Lipinski definition) is 5. The number of Topliss-reactive ketones (excluding diaryl/α,β-unsaturated/α-hetero) is 1. The lowest BCUT2D eigenvalue weighted by atomic mass is 9.85. The Bertz CT molecular complexity index is 1030. The van der Waals surface area contributed by atoms with Crippen LogP contribution in [0, 0.1) is 6.92 Å². The zero-order valence-electron chi connectivity index (χ0n) is 19.1. The molecule has 3 rings (SSSR count). The van der Waals surface area contributed by atoms with E-state index in [2.05, 4.69) is 20.8 Å². The van der Waals surface area contributed by atoms with Gasteiger partial charge in [-0.1, -0.05) is 40.2 Å². The molecule has 0 bridgehead atoms. The van der Waals surface area contributed by atoms with Crippen LogP contribution in [0.1, 0.15) is 68.1 Å². The smallest absolute Gasteiger partial charge is 0.295 e. The monoisotopic (exact) mass is 441 g/mol. The third kappa shape index (κ3) is 4.26. The molecule has 1 N–H and O–H groups in total. The summed E-state index contributed by atoms with van der Waals surface area (Å²) < 4.78 is 5.50. The summed E-state index contributed by atoms with van der Waals surface area (Å²) in [6, 6.07) is 6.99. The van der Waals surface area contributed by atoms with Gasteiger partial charge in [0.1, 0.15) is 11.5 Å². The average Bonchev–Trinajstić information content (AvgIpc) is 3.25. The van der Waals surface area contributed by atoms with E-state index in [-0.39, 0.29) is 16.7 Å². The van der Waals surface area contributed by atoms with Crippen LogP contribution in [-0.4, -0.2) is 35.4 Å². The van der Waals surface area contributed by atoms with Crippen molar-refractivity contribution in [1.82, 2.24) is 4.90 Å². The predicted octanol–water partition coefficient (Wildman–Crippen LogP) is 5.58. The largest absolute Gasteiger partial charge is 0.507 e. The van der Waals surface area contributed by atoms with E-state index >= 15 is 0 Å². The zero-order chi connectivity index (χ0) is 22.9. The Kier molecular flexibility index (Phi) is 6.60. The van der Waals surface area contributed by atoms with Gasteiger partial charge in [0, 0.05) is 11.4 Å². The zero-order valence-corrected chi connectivity index (χ0v) is 19.9. The van der Waals surface area contributed by atoms with Crippen LogP contribution in [0.3, 0.4) is 0 Å². The molecule has 31 heavy (non-hydrogen) atoms. The molecule has 1 aromatic carbocycles. The van der Waals surface area contributed by atoms with Crippen molar-refractivity contribution in [3.8, 4) is 5.75 Å². The molecule has 1 aliphatic heterocycles. The van der Waals surface area contributed by atoms with Gasteiger partial charge in [-0.05, 0) is 53.5 Å². The van der Waals surface area contributed by atoms with Gasteiger partial charge in [-0.15, -0.1) is 11.3 Å². The molecule has 1 aliphatic rings. The second-order valence-corrected chi connectivity index (χ2v) is 9.93. The summed E-state index contributed by atoms with van der Waals surface area (Å²) in [5.74, 6) is -0.918. The Balaban J connectivity index is 2.25. The number of nitrogens with zero attached hydrogens (tertiary/aromatic N) is 1. The number of unbranched alkanes of at least 4 members (excludes halogenated alkanes) is 1. The second-order valence-electron chi connectivity index (χ2n) is 8.98. The first kappa shape index (κ1) is 23.1. The van der Waals surface area contributed by atoms with Crippen LogP contribution in [0.25, 0.3) is 5.76 Å². The molecular formula is C25H31NO4S. The number of methoxy groups -OCH3 is 1. The summed E-state index contributed by atoms with van der Waals surface area (Å²) in [6.07, 6.45) is 1.69. The maximum atomic E-state index is 13.1. The van der Waals surface area contributed by atoms with Crippen LogP contribution in [0.15, 0.2) is 35.2 Å². The van der Waals surface area contributed by atoms with Crippen LogP contribution >= 0.6 is 11.3 Å². The highest BCUT2D eigenvalue weighted by Crippen LogP contribution is 2.44. The van der Waals surface area contributed by atoms with Crippen molar-refractivity contribution < 1.29 is 19.4 Å². The first-order valence-corrected chi connectivity index (χ1v) is 11.5. The molecule has 0 radical (unpaired) electrons. The number of thiophene rings is 1. The van der Waals surface area contributed by atoms with Crippen molar-refractivity contribution in [2.75, 3.05) is 13.7 Å². The highest BCUT2D eigenvalue weighted by Gasteiger charge is 2.47. The van der Waals surface area contributed by atoms with Crippen molar-refractivity contribution in [3.63, 3.8) is 0 Å². The molecule has 1 fully saturated rings. The Hall–Kier alpha value is -2.60. The first-order valence-electron chi connectivity index (χ1n) is 10.6. The molecule has 6 heteroatoms. The second kappa shape index (κ2) is 8.87. The maximum absolute atomic E-state index is 13.1. The lowest BCUT2D eigenvalue weighted by Crippen LogP contribution is -2.30. The van der Waals surface area contributed by atoms with E-state index in [1.54, 1.807) is 11.0 Å². The number of likely N-dealkylation sites (tertiary alicyclic amines) is 1. The number of carbonyl (C=O) groups excluding carboxylic acids is 2. The molecule has 1 amide bonds. The summed E-state index contributed by atoms with van der Waals surface area (Å²) in [4.78, 5) is 28.6. The quantitative estimate of drug-likeness (QED) is 0.361. The van der Waals surface area contributed by atoms with E-state index < -0.39 is 17.7 Å². The van der Waals surface area contributed by atoms with Crippen molar-refractivity contribution in [2.45, 2.75) is 58.9 Å². The van der Waals surface area contributed by atoms with Crippen molar-refractivity contribution in [2.24, 2.45) is 0 Å². The van der Waals surface area contributed by atoms with Gasteiger partial charge >= 0.3 is 0 Å². The van der Waals surface area contributed by atoms with Gasteiger partial charge in [-0.3, -0.25) is 9.59 Å². The summed E-state index contributed by atoms with van der Waals surface area (Å²) in [7, 11) is 1.53. The van der Waals surface area contributed by atoms with E-state index in [1.165, 1.54) is 18.4 Å². The number of hydrogen-bond donors (Lipinski definition) is 1. The van der Waals surface area contributed by atoms with Crippen LogP contribution in [0.5, 0.6) is 5.75 Å². The Morgan fingerprint density at radius 3 is 2.48 bits per heavy atom. The number of aliphatic hydroxyl groups excluding tert-OH is 1. The molecule has 1 saturated heterocycles. The Morgan fingerprint density at radius 2 is 1.94 bits per heavy atom. The van der Waals surface area contributed by atoms with Crippen molar-refractivity contribution in [3.05, 3.63) is 56.8 Å². The lowest BCUT2D eigenvalue weighted by Gasteiger charge is -2.25. The van der Waals surface area contributed by atoms with Crippen molar-refractivity contribution >= 4 is 28.8 Å². The van der Waals surface area contributed by atoms with Gasteiger partial charge in [0.2, 0.25) is 0 Å². The van der Waals surface area contributed by atoms with Gasteiger partial charge in [-0.2, -0.15) is 0 Å². The maximum Gasteiger partial charge on any atom is 0.295 e. The molecule has 166 valence electrons. The fourth-order valence-electron chi connectivity index (χ4n) is 3.88. The van der Waals surface area contributed by atoms with Gasteiger partial charge in [-0.25, -0.2) is 0 Å². The molecule has 0 spiro atoms. The third-order valence-corrected chi connectivity index (χ3v) is 6.83. The molecule has 1 unspecified atom stereocenters. The molecule has 0 aliphatic carbocycles. The SMILES string of the molecule is CCCCN1C(=O)C(=O)/C(=C(/O)c2cc(C(C)(C)C)ccc2OC)C1c1sccc1C. The molecule has 2 heterocycles. The van der Waals surface area contributed by atoms with E-state index in [1.807, 2.05) is 37.4 Å². The number of amides is 1.